The van der Waals surface area contributed by atoms with E-state index in [-0.39, 0.29) is 6.10 Å². The van der Waals surface area contributed by atoms with Crippen molar-refractivity contribution in [2.24, 2.45) is 0 Å². The summed E-state index contributed by atoms with van der Waals surface area (Å²) in [5.74, 6) is 0. The molecule has 0 radical (unpaired) electrons. The normalized spacial score (nSPS) is 13.4. The lowest BCUT2D eigenvalue weighted by molar-refractivity contribution is 0.205. The van der Waals surface area contributed by atoms with Crippen LogP contribution in [-0.4, -0.2) is 6.10 Å². The molecule has 58 valence electrons. The number of rotatable bonds is 5. The molecule has 1 heteroatoms. The molecule has 0 spiro atoms. The zero-order valence-electron chi connectivity index (χ0n) is 6.84. The SMILES string of the molecule is C=COC(C)/C=C/CCC. The Morgan fingerprint density at radius 1 is 1.60 bits per heavy atom. The maximum absolute atomic E-state index is 5.07. The third kappa shape index (κ3) is 5.42. The molecule has 0 aliphatic carbocycles. The third-order valence-corrected chi connectivity index (χ3v) is 1.17. The second-order valence-electron chi connectivity index (χ2n) is 2.22. The highest BCUT2D eigenvalue weighted by Crippen LogP contribution is 1.95. The highest BCUT2D eigenvalue weighted by molar-refractivity contribution is 4.87. The summed E-state index contributed by atoms with van der Waals surface area (Å²) < 4.78 is 5.07. The molecule has 0 amide bonds. The van der Waals surface area contributed by atoms with Crippen molar-refractivity contribution in [3.05, 3.63) is 25.0 Å². The summed E-state index contributed by atoms with van der Waals surface area (Å²) in [6.07, 6.45) is 8.15. The molecule has 0 aliphatic rings. The van der Waals surface area contributed by atoms with Crippen LogP contribution < -0.4 is 0 Å². The zero-order chi connectivity index (χ0) is 7.82. The minimum absolute atomic E-state index is 0.170. The van der Waals surface area contributed by atoms with Gasteiger partial charge in [-0.3, -0.25) is 0 Å². The molecule has 10 heavy (non-hydrogen) atoms. The molecular weight excluding hydrogens is 124 g/mol. The fraction of sp³-hybridized carbons (Fsp3) is 0.556. The van der Waals surface area contributed by atoms with Crippen molar-refractivity contribution in [1.82, 2.24) is 0 Å². The fourth-order valence-corrected chi connectivity index (χ4v) is 0.652. The van der Waals surface area contributed by atoms with E-state index in [1.54, 1.807) is 0 Å². The van der Waals surface area contributed by atoms with Gasteiger partial charge in [-0.15, -0.1) is 0 Å². The Labute approximate surface area is 63.4 Å². The van der Waals surface area contributed by atoms with Gasteiger partial charge < -0.3 is 4.74 Å². The number of hydrogen-bond donors (Lipinski definition) is 0. The smallest absolute Gasteiger partial charge is 0.113 e. The largest absolute Gasteiger partial charge is 0.495 e. The highest BCUT2D eigenvalue weighted by Gasteiger charge is 1.89. The summed E-state index contributed by atoms with van der Waals surface area (Å²) in [7, 11) is 0. The maximum Gasteiger partial charge on any atom is 0.113 e. The first-order chi connectivity index (χ1) is 4.81. The highest BCUT2D eigenvalue weighted by atomic mass is 16.5. The van der Waals surface area contributed by atoms with Gasteiger partial charge in [-0.05, 0) is 19.4 Å². The Bertz CT molecular complexity index is 105. The molecule has 0 saturated carbocycles. The zero-order valence-corrected chi connectivity index (χ0v) is 6.84. The molecule has 1 unspecified atom stereocenters. The van der Waals surface area contributed by atoms with Gasteiger partial charge in [0.15, 0.2) is 0 Å². The third-order valence-electron chi connectivity index (χ3n) is 1.17. The average molecular weight is 140 g/mol. The Balaban J connectivity index is 3.34. The Kier molecular flexibility index (Phi) is 5.94. The van der Waals surface area contributed by atoms with Crippen LogP contribution in [0.5, 0.6) is 0 Å². The van der Waals surface area contributed by atoms with E-state index in [9.17, 15) is 0 Å². The molecule has 1 atom stereocenters. The number of allylic oxidation sites excluding steroid dienone is 1. The average Bonchev–Trinajstić information content (AvgIpc) is 1.89. The van der Waals surface area contributed by atoms with Crippen LogP contribution in [0, 0.1) is 0 Å². The van der Waals surface area contributed by atoms with Gasteiger partial charge in [0, 0.05) is 0 Å². The van der Waals surface area contributed by atoms with Crippen LogP contribution >= 0.6 is 0 Å². The van der Waals surface area contributed by atoms with Gasteiger partial charge in [0.2, 0.25) is 0 Å². The summed E-state index contributed by atoms with van der Waals surface area (Å²) in [6.45, 7) is 7.62. The molecule has 0 bridgehead atoms. The molecule has 1 nitrogen and oxygen atoms in total. The first-order valence-corrected chi connectivity index (χ1v) is 3.74. The Hall–Kier alpha value is -0.720. The standard InChI is InChI=1S/C9H16O/c1-4-6-7-8-9(3)10-5-2/h5,7-9H,2,4,6H2,1,3H3/b8-7+. The summed E-state index contributed by atoms with van der Waals surface area (Å²) in [4.78, 5) is 0. The van der Waals surface area contributed by atoms with E-state index in [2.05, 4.69) is 19.6 Å². The van der Waals surface area contributed by atoms with Crippen molar-refractivity contribution in [2.45, 2.75) is 32.8 Å². The van der Waals surface area contributed by atoms with Crippen LogP contribution in [-0.2, 0) is 4.74 Å². The summed E-state index contributed by atoms with van der Waals surface area (Å²) in [6, 6.07) is 0. The van der Waals surface area contributed by atoms with Gasteiger partial charge in [-0.25, -0.2) is 0 Å². The minimum atomic E-state index is 0.170. The van der Waals surface area contributed by atoms with Crippen molar-refractivity contribution in [1.29, 1.82) is 0 Å². The monoisotopic (exact) mass is 140 g/mol. The quantitative estimate of drug-likeness (QED) is 0.421. The van der Waals surface area contributed by atoms with Crippen LogP contribution in [0.2, 0.25) is 0 Å². The van der Waals surface area contributed by atoms with E-state index in [1.165, 1.54) is 12.7 Å². The van der Waals surface area contributed by atoms with Crippen molar-refractivity contribution >= 4 is 0 Å². The van der Waals surface area contributed by atoms with Crippen LogP contribution in [0.3, 0.4) is 0 Å². The lowest BCUT2D eigenvalue weighted by atomic mass is 10.3. The minimum Gasteiger partial charge on any atom is -0.495 e. The van der Waals surface area contributed by atoms with Crippen molar-refractivity contribution < 1.29 is 4.74 Å². The second kappa shape index (κ2) is 6.40. The van der Waals surface area contributed by atoms with Crippen LogP contribution in [0.1, 0.15) is 26.7 Å². The number of hydrogen-bond acceptors (Lipinski definition) is 1. The van der Waals surface area contributed by atoms with Crippen LogP contribution in [0.15, 0.2) is 25.0 Å². The Morgan fingerprint density at radius 3 is 2.80 bits per heavy atom. The van der Waals surface area contributed by atoms with Gasteiger partial charge in [0.25, 0.3) is 0 Å². The predicted octanol–water partition coefficient (Wildman–Crippen LogP) is 2.89. The number of unbranched alkanes of at least 4 members (excludes halogenated alkanes) is 1. The number of ether oxygens (including phenoxy) is 1. The van der Waals surface area contributed by atoms with E-state index >= 15 is 0 Å². The van der Waals surface area contributed by atoms with E-state index in [4.69, 9.17) is 4.74 Å². The molecule has 0 saturated heterocycles. The van der Waals surface area contributed by atoms with Crippen LogP contribution in [0.4, 0.5) is 0 Å². The predicted molar refractivity (Wildman–Crippen MR) is 44.8 cm³/mol. The van der Waals surface area contributed by atoms with Crippen molar-refractivity contribution in [3.63, 3.8) is 0 Å². The van der Waals surface area contributed by atoms with E-state index in [1.807, 2.05) is 13.0 Å². The van der Waals surface area contributed by atoms with E-state index < -0.39 is 0 Å². The molecule has 0 aliphatic heterocycles. The molecule has 0 fully saturated rings. The van der Waals surface area contributed by atoms with Crippen LogP contribution in [0.25, 0.3) is 0 Å². The van der Waals surface area contributed by atoms with Crippen molar-refractivity contribution in [2.75, 3.05) is 0 Å². The van der Waals surface area contributed by atoms with Gasteiger partial charge in [0.05, 0.1) is 6.26 Å². The summed E-state index contributed by atoms with van der Waals surface area (Å²) >= 11 is 0. The molecular formula is C9H16O. The van der Waals surface area contributed by atoms with Gasteiger partial charge in [-0.2, -0.15) is 0 Å². The van der Waals surface area contributed by atoms with E-state index in [0.717, 1.165) is 6.42 Å². The van der Waals surface area contributed by atoms with Gasteiger partial charge in [0.1, 0.15) is 6.10 Å². The lowest BCUT2D eigenvalue weighted by Gasteiger charge is -2.03. The maximum atomic E-state index is 5.07. The molecule has 0 rings (SSSR count). The first kappa shape index (κ1) is 9.28. The molecule has 0 aromatic heterocycles. The van der Waals surface area contributed by atoms with E-state index in [0.29, 0.717) is 0 Å². The first-order valence-electron chi connectivity index (χ1n) is 3.74. The molecule has 0 heterocycles. The summed E-state index contributed by atoms with van der Waals surface area (Å²) in [5.41, 5.74) is 0. The second-order valence-corrected chi connectivity index (χ2v) is 2.22. The molecule has 0 N–H and O–H groups in total. The van der Waals surface area contributed by atoms with Gasteiger partial charge >= 0.3 is 0 Å². The van der Waals surface area contributed by atoms with Crippen molar-refractivity contribution in [3.8, 4) is 0 Å². The summed E-state index contributed by atoms with van der Waals surface area (Å²) in [5, 5.41) is 0. The topological polar surface area (TPSA) is 9.23 Å². The lowest BCUT2D eigenvalue weighted by Crippen LogP contribution is -1.97. The van der Waals surface area contributed by atoms with Gasteiger partial charge in [-0.1, -0.05) is 26.0 Å². The Morgan fingerprint density at radius 2 is 2.30 bits per heavy atom. The fourth-order valence-electron chi connectivity index (χ4n) is 0.652. The molecule has 0 aromatic rings. The molecule has 0 aromatic carbocycles.